The summed E-state index contributed by atoms with van der Waals surface area (Å²) in [6.07, 6.45) is 2.10. The van der Waals surface area contributed by atoms with Crippen LogP contribution in [-0.2, 0) is 0 Å². The highest BCUT2D eigenvalue weighted by Crippen LogP contribution is 2.36. The minimum absolute atomic E-state index is 0.0931. The van der Waals surface area contributed by atoms with Crippen molar-refractivity contribution in [3.05, 3.63) is 32.3 Å². The Hall–Kier alpha value is -1.08. The number of aliphatic hydroxyl groups is 1. The van der Waals surface area contributed by atoms with E-state index in [9.17, 15) is 15.2 Å². The quantitative estimate of drug-likeness (QED) is 0.617. The molecular formula is C13H17Cl2N3O3. The number of nitrogens with zero attached hydrogens (tertiary/aromatic N) is 2. The van der Waals surface area contributed by atoms with E-state index in [4.69, 9.17) is 23.2 Å². The van der Waals surface area contributed by atoms with Crippen LogP contribution in [0.1, 0.15) is 12.8 Å². The summed E-state index contributed by atoms with van der Waals surface area (Å²) >= 11 is 11.9. The summed E-state index contributed by atoms with van der Waals surface area (Å²) in [7, 11) is 0. The van der Waals surface area contributed by atoms with Gasteiger partial charge in [0.05, 0.1) is 21.6 Å². The SMILES string of the molecule is O=[N+]([O-])c1cc(Cl)c(Cl)cc1N(CCO)CC1CCCN1. The van der Waals surface area contributed by atoms with Crippen LogP contribution in [0.25, 0.3) is 0 Å². The number of anilines is 1. The lowest BCUT2D eigenvalue weighted by Crippen LogP contribution is -2.39. The van der Waals surface area contributed by atoms with Gasteiger partial charge in [0.1, 0.15) is 5.69 Å². The summed E-state index contributed by atoms with van der Waals surface area (Å²) in [5, 5.41) is 24.2. The molecule has 8 heteroatoms. The minimum atomic E-state index is -0.482. The number of aliphatic hydroxyl groups excluding tert-OH is 1. The van der Waals surface area contributed by atoms with Gasteiger partial charge in [0, 0.05) is 25.2 Å². The Bertz CT molecular complexity index is 522. The molecule has 2 rings (SSSR count). The maximum Gasteiger partial charge on any atom is 0.294 e. The lowest BCUT2D eigenvalue weighted by Gasteiger charge is -2.27. The van der Waals surface area contributed by atoms with E-state index in [1.54, 1.807) is 4.90 Å². The number of hydrogen-bond donors (Lipinski definition) is 2. The average Bonchev–Trinajstić information content (AvgIpc) is 2.93. The molecule has 1 heterocycles. The maximum atomic E-state index is 11.2. The highest BCUT2D eigenvalue weighted by atomic mass is 35.5. The Kier molecular flexibility index (Phi) is 5.64. The number of benzene rings is 1. The first-order valence-corrected chi connectivity index (χ1v) is 7.51. The molecule has 0 spiro atoms. The van der Waals surface area contributed by atoms with E-state index in [1.807, 2.05) is 0 Å². The zero-order chi connectivity index (χ0) is 15.4. The summed E-state index contributed by atoms with van der Waals surface area (Å²) in [4.78, 5) is 12.5. The Morgan fingerprint density at radius 2 is 2.14 bits per heavy atom. The first-order valence-electron chi connectivity index (χ1n) is 6.75. The monoisotopic (exact) mass is 333 g/mol. The molecule has 0 radical (unpaired) electrons. The molecule has 0 aromatic heterocycles. The highest BCUT2D eigenvalue weighted by Gasteiger charge is 2.25. The van der Waals surface area contributed by atoms with Crippen LogP contribution in [0.2, 0.25) is 10.0 Å². The number of halogens is 2. The molecule has 1 aromatic rings. The van der Waals surface area contributed by atoms with Crippen LogP contribution in [0.5, 0.6) is 0 Å². The molecule has 1 saturated heterocycles. The van der Waals surface area contributed by atoms with Crippen LogP contribution >= 0.6 is 23.2 Å². The van der Waals surface area contributed by atoms with Gasteiger partial charge in [-0.1, -0.05) is 23.2 Å². The first kappa shape index (κ1) is 16.3. The van der Waals surface area contributed by atoms with Gasteiger partial charge in [0.25, 0.3) is 5.69 Å². The molecule has 0 aliphatic carbocycles. The predicted octanol–water partition coefficient (Wildman–Crippen LogP) is 2.45. The van der Waals surface area contributed by atoms with Crippen molar-refractivity contribution in [1.29, 1.82) is 0 Å². The third-order valence-electron chi connectivity index (χ3n) is 3.53. The van der Waals surface area contributed by atoms with Crippen LogP contribution < -0.4 is 10.2 Å². The van der Waals surface area contributed by atoms with Crippen LogP contribution in [0.3, 0.4) is 0 Å². The molecule has 1 unspecified atom stereocenters. The van der Waals surface area contributed by atoms with E-state index >= 15 is 0 Å². The smallest absolute Gasteiger partial charge is 0.294 e. The topological polar surface area (TPSA) is 78.6 Å². The average molecular weight is 334 g/mol. The molecule has 0 bridgehead atoms. The summed E-state index contributed by atoms with van der Waals surface area (Å²) in [5.41, 5.74) is 0.285. The van der Waals surface area contributed by atoms with Gasteiger partial charge in [0.15, 0.2) is 0 Å². The maximum absolute atomic E-state index is 11.2. The molecule has 2 N–H and O–H groups in total. The number of nitro benzene ring substituents is 1. The molecule has 6 nitrogen and oxygen atoms in total. The van der Waals surface area contributed by atoms with Gasteiger partial charge >= 0.3 is 0 Å². The molecule has 1 aliphatic rings. The number of rotatable bonds is 6. The molecular weight excluding hydrogens is 317 g/mol. The van der Waals surface area contributed by atoms with Crippen molar-refractivity contribution in [2.24, 2.45) is 0 Å². The van der Waals surface area contributed by atoms with Gasteiger partial charge in [-0.25, -0.2) is 0 Å². The van der Waals surface area contributed by atoms with E-state index < -0.39 is 4.92 Å². The van der Waals surface area contributed by atoms with Crippen LogP contribution in [0.15, 0.2) is 12.1 Å². The van der Waals surface area contributed by atoms with Crippen molar-refractivity contribution in [2.45, 2.75) is 18.9 Å². The Morgan fingerprint density at radius 3 is 2.71 bits per heavy atom. The molecule has 0 saturated carbocycles. The molecule has 1 fully saturated rings. The Labute approximate surface area is 132 Å². The molecule has 1 atom stereocenters. The summed E-state index contributed by atoms with van der Waals surface area (Å²) < 4.78 is 0. The molecule has 0 amide bonds. The van der Waals surface area contributed by atoms with Gasteiger partial charge in [0.2, 0.25) is 0 Å². The molecule has 1 aromatic carbocycles. The predicted molar refractivity (Wildman–Crippen MR) is 83.4 cm³/mol. The van der Waals surface area contributed by atoms with Crippen molar-refractivity contribution in [2.75, 3.05) is 31.1 Å². The number of nitrogens with one attached hydrogen (secondary N) is 1. The van der Waals surface area contributed by atoms with Crippen molar-refractivity contribution in [1.82, 2.24) is 5.32 Å². The highest BCUT2D eigenvalue weighted by molar-refractivity contribution is 6.42. The van der Waals surface area contributed by atoms with Crippen LogP contribution in [-0.4, -0.2) is 42.3 Å². The molecule has 1 aliphatic heterocycles. The summed E-state index contributed by atoms with van der Waals surface area (Å²) in [5.74, 6) is 0. The molecule has 116 valence electrons. The second-order valence-corrected chi connectivity index (χ2v) is 5.79. The third kappa shape index (κ3) is 3.97. The van der Waals surface area contributed by atoms with E-state index in [0.717, 1.165) is 19.4 Å². The number of nitro groups is 1. The van der Waals surface area contributed by atoms with Crippen molar-refractivity contribution in [3.63, 3.8) is 0 Å². The van der Waals surface area contributed by atoms with Gasteiger partial charge < -0.3 is 15.3 Å². The van der Waals surface area contributed by atoms with E-state index in [0.29, 0.717) is 18.8 Å². The summed E-state index contributed by atoms with van der Waals surface area (Å²) in [6, 6.07) is 3.00. The van der Waals surface area contributed by atoms with Gasteiger partial charge in [-0.2, -0.15) is 0 Å². The summed E-state index contributed by atoms with van der Waals surface area (Å²) in [6.45, 7) is 1.74. The normalized spacial score (nSPS) is 18.0. The second kappa shape index (κ2) is 7.26. The lowest BCUT2D eigenvalue weighted by molar-refractivity contribution is -0.384. The Balaban J connectivity index is 2.33. The van der Waals surface area contributed by atoms with Crippen molar-refractivity contribution >= 4 is 34.6 Å². The zero-order valence-corrected chi connectivity index (χ0v) is 12.9. The van der Waals surface area contributed by atoms with Gasteiger partial charge in [-0.15, -0.1) is 0 Å². The standard InChI is InChI=1S/C13H17Cl2N3O3/c14-10-6-12(13(18(20)21)7-11(10)15)17(4-5-19)8-9-2-1-3-16-9/h6-7,9,16,19H,1-5,8H2. The fourth-order valence-electron chi connectivity index (χ4n) is 2.53. The number of hydrogen-bond acceptors (Lipinski definition) is 5. The minimum Gasteiger partial charge on any atom is -0.395 e. The van der Waals surface area contributed by atoms with E-state index in [2.05, 4.69) is 5.32 Å². The van der Waals surface area contributed by atoms with Gasteiger partial charge in [-0.3, -0.25) is 10.1 Å². The second-order valence-electron chi connectivity index (χ2n) is 4.98. The third-order valence-corrected chi connectivity index (χ3v) is 4.25. The largest absolute Gasteiger partial charge is 0.395 e. The van der Waals surface area contributed by atoms with Crippen molar-refractivity contribution in [3.8, 4) is 0 Å². The van der Waals surface area contributed by atoms with Crippen molar-refractivity contribution < 1.29 is 10.0 Å². The first-order chi connectivity index (χ1) is 10.0. The Morgan fingerprint density at radius 1 is 1.43 bits per heavy atom. The van der Waals surface area contributed by atoms with Crippen LogP contribution in [0.4, 0.5) is 11.4 Å². The van der Waals surface area contributed by atoms with E-state index in [1.165, 1.54) is 12.1 Å². The van der Waals surface area contributed by atoms with Crippen LogP contribution in [0, 0.1) is 10.1 Å². The van der Waals surface area contributed by atoms with E-state index in [-0.39, 0.29) is 28.4 Å². The lowest BCUT2D eigenvalue weighted by atomic mass is 10.2. The van der Waals surface area contributed by atoms with Gasteiger partial charge in [-0.05, 0) is 25.5 Å². The zero-order valence-electron chi connectivity index (χ0n) is 11.4. The fourth-order valence-corrected chi connectivity index (χ4v) is 2.85. The fraction of sp³-hybridized carbons (Fsp3) is 0.538. The molecule has 21 heavy (non-hydrogen) atoms.